The first-order valence-corrected chi connectivity index (χ1v) is 9.62. The number of aromatic nitrogens is 1. The average molecular weight is 386 g/mol. The van der Waals surface area contributed by atoms with Gasteiger partial charge in [0.2, 0.25) is 5.88 Å². The van der Waals surface area contributed by atoms with Gasteiger partial charge in [-0.05, 0) is 53.0 Å². The first kappa shape index (κ1) is 20.4. The Morgan fingerprint density at radius 3 is 2.75 bits per heavy atom. The zero-order valence-electron chi connectivity index (χ0n) is 17.3. The molecule has 0 unspecified atom stereocenters. The Morgan fingerprint density at radius 1 is 1.43 bits per heavy atom. The maximum atomic E-state index is 12.8. The van der Waals surface area contributed by atoms with Gasteiger partial charge in [0, 0.05) is 17.5 Å². The second kappa shape index (κ2) is 6.92. The lowest BCUT2D eigenvalue weighted by molar-refractivity contribution is -0.0971. The molecule has 6 heteroatoms. The lowest BCUT2D eigenvalue weighted by Gasteiger charge is -2.56. The number of hydrogen-bond donors (Lipinski definition) is 2. The summed E-state index contributed by atoms with van der Waals surface area (Å²) in [5, 5.41) is 14.9. The number of rotatable bonds is 4. The molecule has 1 aromatic heterocycles. The monoisotopic (exact) mass is 386 g/mol. The van der Waals surface area contributed by atoms with Crippen LogP contribution in [-0.4, -0.2) is 34.5 Å². The third kappa shape index (κ3) is 3.30. The molecule has 1 heterocycles. The summed E-state index contributed by atoms with van der Waals surface area (Å²) in [6.07, 6.45) is 4.73. The molecule has 0 radical (unpaired) electrons. The van der Waals surface area contributed by atoms with E-state index in [0.29, 0.717) is 18.7 Å². The number of nitrogens with one attached hydrogen (secondary N) is 1. The average Bonchev–Trinajstić information content (AvgIpc) is 2.56. The summed E-state index contributed by atoms with van der Waals surface area (Å²) in [5.74, 6) is 0.400. The van der Waals surface area contributed by atoms with Crippen LogP contribution in [0.5, 0.6) is 5.88 Å². The van der Waals surface area contributed by atoms with Crippen molar-refractivity contribution >= 4 is 6.09 Å². The first-order chi connectivity index (χ1) is 13.0. The molecule has 152 valence electrons. The van der Waals surface area contributed by atoms with E-state index in [1.54, 1.807) is 19.3 Å². The van der Waals surface area contributed by atoms with E-state index in [1.165, 1.54) is 0 Å². The quantitative estimate of drug-likeness (QED) is 0.772. The largest absolute Gasteiger partial charge is 0.481 e. The zero-order chi connectivity index (χ0) is 20.7. The summed E-state index contributed by atoms with van der Waals surface area (Å²) in [6.45, 7) is 11.3. The van der Waals surface area contributed by atoms with Crippen molar-refractivity contribution < 1.29 is 19.4 Å². The Labute approximate surface area is 166 Å². The lowest BCUT2D eigenvalue weighted by atomic mass is 9.56. The molecule has 0 aromatic carbocycles. The van der Waals surface area contributed by atoms with E-state index in [4.69, 9.17) is 9.47 Å². The highest BCUT2D eigenvalue weighted by Gasteiger charge is 2.61. The zero-order valence-corrected chi connectivity index (χ0v) is 17.3. The highest BCUT2D eigenvalue weighted by atomic mass is 16.6. The van der Waals surface area contributed by atoms with Gasteiger partial charge in [0.05, 0.1) is 12.8 Å². The van der Waals surface area contributed by atoms with Crippen LogP contribution in [0.3, 0.4) is 0 Å². The molecule has 1 aromatic rings. The lowest BCUT2D eigenvalue weighted by Crippen LogP contribution is -2.68. The summed E-state index contributed by atoms with van der Waals surface area (Å²) >= 11 is 0. The van der Waals surface area contributed by atoms with Crippen LogP contribution in [-0.2, 0) is 16.7 Å². The summed E-state index contributed by atoms with van der Waals surface area (Å²) in [4.78, 5) is 17.4. The van der Waals surface area contributed by atoms with Crippen molar-refractivity contribution in [3.05, 3.63) is 47.7 Å². The molecule has 2 bridgehead atoms. The smallest absolute Gasteiger partial charge is 0.408 e. The van der Waals surface area contributed by atoms with Crippen molar-refractivity contribution in [3.8, 4) is 5.88 Å². The van der Waals surface area contributed by atoms with Crippen LogP contribution in [0, 0.1) is 5.92 Å². The Balaban J connectivity index is 2.19. The van der Waals surface area contributed by atoms with Crippen LogP contribution in [0.2, 0.25) is 0 Å². The molecule has 0 saturated carbocycles. The van der Waals surface area contributed by atoms with E-state index in [2.05, 4.69) is 16.9 Å². The molecule has 2 aliphatic rings. The molecule has 0 spiro atoms. The maximum Gasteiger partial charge on any atom is 0.408 e. The van der Waals surface area contributed by atoms with Crippen molar-refractivity contribution in [2.75, 3.05) is 7.11 Å². The number of carbonyl (C=O) groups is 1. The number of aliphatic hydroxyl groups is 1. The number of nitrogens with zero attached hydrogens (tertiary/aromatic N) is 1. The minimum absolute atomic E-state index is 0.113. The van der Waals surface area contributed by atoms with E-state index < -0.39 is 22.8 Å². The van der Waals surface area contributed by atoms with Crippen molar-refractivity contribution in [2.45, 2.75) is 63.7 Å². The second-order valence-electron chi connectivity index (χ2n) is 8.80. The molecular weight excluding hydrogens is 356 g/mol. The number of methoxy groups -OCH3 is 1. The Morgan fingerprint density at radius 2 is 2.14 bits per heavy atom. The van der Waals surface area contributed by atoms with Crippen LogP contribution in [0.4, 0.5) is 4.79 Å². The topological polar surface area (TPSA) is 80.7 Å². The van der Waals surface area contributed by atoms with Crippen LogP contribution in [0.15, 0.2) is 36.4 Å². The molecule has 0 fully saturated rings. The van der Waals surface area contributed by atoms with Gasteiger partial charge in [-0.25, -0.2) is 9.78 Å². The van der Waals surface area contributed by atoms with E-state index in [9.17, 15) is 9.90 Å². The predicted molar refractivity (Wildman–Crippen MR) is 107 cm³/mol. The van der Waals surface area contributed by atoms with E-state index in [-0.39, 0.29) is 5.92 Å². The maximum absolute atomic E-state index is 12.8. The van der Waals surface area contributed by atoms with Crippen LogP contribution in [0.25, 0.3) is 0 Å². The molecule has 2 N–H and O–H groups in total. The number of carbonyl (C=O) groups excluding carboxylic acids is 1. The normalized spacial score (nSPS) is 28.6. The minimum atomic E-state index is -1.23. The number of fused-ring (bicyclic) bond motifs is 4. The number of ether oxygens (including phenoxy) is 2. The van der Waals surface area contributed by atoms with Gasteiger partial charge in [0.15, 0.2) is 0 Å². The van der Waals surface area contributed by atoms with Crippen LogP contribution < -0.4 is 10.1 Å². The van der Waals surface area contributed by atoms with Crippen molar-refractivity contribution in [1.82, 2.24) is 10.3 Å². The van der Waals surface area contributed by atoms with Gasteiger partial charge >= 0.3 is 6.09 Å². The summed E-state index contributed by atoms with van der Waals surface area (Å²) in [6, 6.07) is 3.63. The second-order valence-corrected chi connectivity index (χ2v) is 8.80. The Kier molecular flexibility index (Phi) is 5.04. The highest BCUT2D eigenvalue weighted by molar-refractivity contribution is 5.71. The number of alkyl carbamates (subject to hydrolysis) is 1. The summed E-state index contributed by atoms with van der Waals surface area (Å²) < 4.78 is 10.8. The number of amides is 1. The molecule has 1 amide bonds. The van der Waals surface area contributed by atoms with Gasteiger partial charge in [-0.2, -0.15) is 0 Å². The fraction of sp³-hybridized carbons (Fsp3) is 0.545. The minimum Gasteiger partial charge on any atom is -0.481 e. The van der Waals surface area contributed by atoms with Crippen LogP contribution in [0.1, 0.15) is 51.8 Å². The van der Waals surface area contributed by atoms with Crippen LogP contribution >= 0.6 is 0 Å². The third-order valence-electron chi connectivity index (χ3n) is 5.57. The molecule has 3 rings (SSSR count). The summed E-state index contributed by atoms with van der Waals surface area (Å²) in [7, 11) is 1.57. The van der Waals surface area contributed by atoms with Gasteiger partial charge in [-0.1, -0.05) is 17.7 Å². The van der Waals surface area contributed by atoms with Gasteiger partial charge in [0.25, 0.3) is 0 Å². The van der Waals surface area contributed by atoms with Crippen molar-refractivity contribution in [1.29, 1.82) is 0 Å². The van der Waals surface area contributed by atoms with Gasteiger partial charge in [-0.3, -0.25) is 0 Å². The van der Waals surface area contributed by atoms with E-state index in [1.807, 2.05) is 39.8 Å². The Hall–Kier alpha value is -2.34. The standard InChI is InChI=1S/C22H30N2O4/c1-7-10-22(26)15-11-14(2)13-21(22,24-19(25)28-20(3,4)5)16-8-9-18(27-6)23-17(16)12-15/h7-9,13,15,26H,1,10-12H2,2-6H3,(H,24,25)/t15-,21-,22-/m0/s1. The van der Waals surface area contributed by atoms with Crippen molar-refractivity contribution in [3.63, 3.8) is 0 Å². The molecule has 6 nitrogen and oxygen atoms in total. The van der Waals surface area contributed by atoms with E-state index >= 15 is 0 Å². The molecule has 0 aliphatic heterocycles. The SMILES string of the molecule is C=CC[C@]1(O)[C@H]2CC(C)=C[C@]1(NC(=O)OC(C)(C)C)c1ccc(OC)nc1C2. The molecule has 28 heavy (non-hydrogen) atoms. The molecule has 3 atom stereocenters. The highest BCUT2D eigenvalue weighted by Crippen LogP contribution is 2.53. The molecule has 0 saturated heterocycles. The summed E-state index contributed by atoms with van der Waals surface area (Å²) in [5.41, 5.74) is -0.342. The fourth-order valence-corrected chi connectivity index (χ4v) is 4.55. The van der Waals surface area contributed by atoms with Gasteiger partial charge in [-0.15, -0.1) is 6.58 Å². The number of hydrogen-bond acceptors (Lipinski definition) is 5. The first-order valence-electron chi connectivity index (χ1n) is 9.62. The van der Waals surface area contributed by atoms with Crippen molar-refractivity contribution in [2.24, 2.45) is 5.92 Å². The van der Waals surface area contributed by atoms with Gasteiger partial charge < -0.3 is 19.9 Å². The Bertz CT molecular complexity index is 826. The molecular formula is C22H30N2O4. The third-order valence-corrected chi connectivity index (χ3v) is 5.57. The predicted octanol–water partition coefficient (Wildman–Crippen LogP) is 3.64. The fourth-order valence-electron chi connectivity index (χ4n) is 4.55. The van der Waals surface area contributed by atoms with E-state index in [0.717, 1.165) is 23.3 Å². The number of allylic oxidation sites excluding steroid dienone is 1. The number of pyridine rings is 1. The van der Waals surface area contributed by atoms with Gasteiger partial charge in [0.1, 0.15) is 16.7 Å². The molecule has 2 aliphatic carbocycles.